The molecule has 1 aliphatic rings. The van der Waals surface area contributed by atoms with E-state index in [1.165, 1.54) is 5.56 Å². The summed E-state index contributed by atoms with van der Waals surface area (Å²) in [6, 6.07) is 5.60. The summed E-state index contributed by atoms with van der Waals surface area (Å²) in [6.45, 7) is 0. The van der Waals surface area contributed by atoms with Crippen LogP contribution in [-0.4, -0.2) is 10.2 Å². The first kappa shape index (κ1) is 8.20. The van der Waals surface area contributed by atoms with Gasteiger partial charge in [-0.1, -0.05) is 18.2 Å². The number of rotatable bonds is 1. The third-order valence-corrected chi connectivity index (χ3v) is 1.83. The van der Waals surface area contributed by atoms with Gasteiger partial charge in [0.25, 0.3) is 0 Å². The third kappa shape index (κ3) is 1.26. The SMILES string of the molecule is N.OC(O)c1cccc2c1C2. The Hall–Kier alpha value is -0.900. The van der Waals surface area contributed by atoms with Crippen molar-refractivity contribution in [1.29, 1.82) is 0 Å². The van der Waals surface area contributed by atoms with Crippen molar-refractivity contribution in [3.63, 3.8) is 0 Å². The van der Waals surface area contributed by atoms with Gasteiger partial charge in [0.05, 0.1) is 0 Å². The number of hydrogen-bond acceptors (Lipinski definition) is 3. The first-order valence-corrected chi connectivity index (χ1v) is 3.26. The maximum Gasteiger partial charge on any atom is 0.178 e. The third-order valence-electron chi connectivity index (χ3n) is 1.83. The van der Waals surface area contributed by atoms with Crippen LogP contribution in [0.2, 0.25) is 0 Å². The van der Waals surface area contributed by atoms with Crippen molar-refractivity contribution < 1.29 is 10.2 Å². The second-order valence-corrected chi connectivity index (χ2v) is 2.54. The summed E-state index contributed by atoms with van der Waals surface area (Å²) in [5.74, 6) is 0. The van der Waals surface area contributed by atoms with Gasteiger partial charge in [0, 0.05) is 5.56 Å². The van der Waals surface area contributed by atoms with Crippen LogP contribution in [0.4, 0.5) is 0 Å². The summed E-state index contributed by atoms with van der Waals surface area (Å²) >= 11 is 0. The molecule has 60 valence electrons. The highest BCUT2D eigenvalue weighted by atomic mass is 16.5. The number of benzene rings is 1. The van der Waals surface area contributed by atoms with Crippen molar-refractivity contribution in [3.8, 4) is 0 Å². The molecule has 1 aromatic rings. The van der Waals surface area contributed by atoms with Crippen molar-refractivity contribution in [2.75, 3.05) is 0 Å². The second-order valence-electron chi connectivity index (χ2n) is 2.54. The molecule has 0 radical (unpaired) electrons. The molecular formula is C8H11NO2. The van der Waals surface area contributed by atoms with E-state index >= 15 is 0 Å². The van der Waals surface area contributed by atoms with E-state index in [0.29, 0.717) is 5.56 Å². The van der Waals surface area contributed by atoms with Crippen LogP contribution in [0.5, 0.6) is 0 Å². The molecule has 0 fully saturated rings. The van der Waals surface area contributed by atoms with E-state index in [9.17, 15) is 0 Å². The summed E-state index contributed by atoms with van der Waals surface area (Å²) in [4.78, 5) is 0. The zero-order valence-electron chi connectivity index (χ0n) is 6.12. The van der Waals surface area contributed by atoms with Gasteiger partial charge in [-0.3, -0.25) is 0 Å². The molecule has 0 aliphatic heterocycles. The summed E-state index contributed by atoms with van der Waals surface area (Å²) in [5, 5.41) is 17.6. The van der Waals surface area contributed by atoms with Gasteiger partial charge >= 0.3 is 0 Å². The van der Waals surface area contributed by atoms with Crippen LogP contribution in [0.3, 0.4) is 0 Å². The van der Waals surface area contributed by atoms with Gasteiger partial charge in [-0.25, -0.2) is 0 Å². The van der Waals surface area contributed by atoms with E-state index in [4.69, 9.17) is 10.2 Å². The van der Waals surface area contributed by atoms with Crippen molar-refractivity contribution >= 4 is 0 Å². The summed E-state index contributed by atoms with van der Waals surface area (Å²) in [7, 11) is 0. The molecular weight excluding hydrogens is 142 g/mol. The molecule has 3 nitrogen and oxygen atoms in total. The minimum atomic E-state index is -1.29. The van der Waals surface area contributed by atoms with Crippen molar-refractivity contribution in [1.82, 2.24) is 6.15 Å². The highest BCUT2D eigenvalue weighted by Gasteiger charge is 2.22. The van der Waals surface area contributed by atoms with Gasteiger partial charge in [-0.2, -0.15) is 0 Å². The molecule has 5 N–H and O–H groups in total. The quantitative estimate of drug-likeness (QED) is 0.529. The highest BCUT2D eigenvalue weighted by Crippen LogP contribution is 2.33. The first-order chi connectivity index (χ1) is 4.79. The Balaban J connectivity index is 0.000000605. The maximum absolute atomic E-state index is 8.79. The van der Waals surface area contributed by atoms with Crippen LogP contribution in [0.25, 0.3) is 0 Å². The van der Waals surface area contributed by atoms with Crippen LogP contribution in [-0.2, 0) is 6.42 Å². The van der Waals surface area contributed by atoms with Gasteiger partial charge in [-0.15, -0.1) is 0 Å². The molecule has 0 saturated carbocycles. The lowest BCUT2D eigenvalue weighted by Gasteiger charge is -2.00. The molecule has 0 heterocycles. The Morgan fingerprint density at radius 3 is 2.55 bits per heavy atom. The van der Waals surface area contributed by atoms with E-state index in [1.54, 1.807) is 6.07 Å². The first-order valence-electron chi connectivity index (χ1n) is 3.26. The van der Waals surface area contributed by atoms with Crippen LogP contribution >= 0.6 is 0 Å². The molecule has 0 amide bonds. The fraction of sp³-hybridized carbons (Fsp3) is 0.250. The standard InChI is InChI=1S/C8H8O2.H3N/c9-8(10)6-3-1-2-5-4-7(5)6;/h1-3,8-10H,4H2;1H3. The predicted molar refractivity (Wildman–Crippen MR) is 41.4 cm³/mol. The number of aliphatic hydroxyl groups is 2. The topological polar surface area (TPSA) is 75.5 Å². The fourth-order valence-corrected chi connectivity index (χ4v) is 1.20. The number of aliphatic hydroxyl groups excluding tert-OH is 1. The largest absolute Gasteiger partial charge is 0.364 e. The molecule has 0 aromatic heterocycles. The molecule has 3 heteroatoms. The van der Waals surface area contributed by atoms with Crippen molar-refractivity contribution in [2.24, 2.45) is 0 Å². The maximum atomic E-state index is 8.79. The molecule has 1 aliphatic carbocycles. The summed E-state index contributed by atoms with van der Waals surface area (Å²) in [6.07, 6.45) is -0.364. The normalized spacial score (nSPS) is 12.3. The van der Waals surface area contributed by atoms with Gasteiger partial charge in [0.15, 0.2) is 6.29 Å². The summed E-state index contributed by atoms with van der Waals surface area (Å²) < 4.78 is 0. The van der Waals surface area contributed by atoms with Gasteiger partial charge in [-0.05, 0) is 17.5 Å². The molecule has 0 spiro atoms. The average Bonchev–Trinajstić information content (AvgIpc) is 2.63. The van der Waals surface area contributed by atoms with Crippen molar-refractivity contribution in [2.45, 2.75) is 12.7 Å². The molecule has 2 rings (SSSR count). The van der Waals surface area contributed by atoms with Crippen LogP contribution in [0, 0.1) is 0 Å². The van der Waals surface area contributed by atoms with E-state index in [-0.39, 0.29) is 6.15 Å². The second kappa shape index (κ2) is 2.62. The smallest absolute Gasteiger partial charge is 0.178 e. The van der Waals surface area contributed by atoms with Gasteiger partial charge < -0.3 is 16.4 Å². The van der Waals surface area contributed by atoms with Crippen LogP contribution in [0.1, 0.15) is 23.0 Å². The lowest BCUT2D eigenvalue weighted by Crippen LogP contribution is -1.93. The highest BCUT2D eigenvalue weighted by molar-refractivity contribution is 5.50. The van der Waals surface area contributed by atoms with Gasteiger partial charge in [0.1, 0.15) is 0 Å². The Bertz CT molecular complexity index is 271. The Morgan fingerprint density at radius 1 is 1.27 bits per heavy atom. The average molecular weight is 153 g/mol. The minimum absolute atomic E-state index is 0. The lowest BCUT2D eigenvalue weighted by atomic mass is 10.2. The molecule has 0 atom stereocenters. The summed E-state index contributed by atoms with van der Waals surface area (Å²) in [5.41, 5.74) is 3.01. The molecule has 0 unspecified atom stereocenters. The number of hydrogen-bond donors (Lipinski definition) is 3. The van der Waals surface area contributed by atoms with Crippen LogP contribution in [0.15, 0.2) is 18.2 Å². The Labute approximate surface area is 64.9 Å². The minimum Gasteiger partial charge on any atom is -0.364 e. The van der Waals surface area contributed by atoms with E-state index in [2.05, 4.69) is 0 Å². The van der Waals surface area contributed by atoms with E-state index in [1.807, 2.05) is 12.1 Å². The molecule has 11 heavy (non-hydrogen) atoms. The lowest BCUT2D eigenvalue weighted by molar-refractivity contribution is -0.0426. The number of fused-ring (bicyclic) bond motifs is 1. The zero-order valence-corrected chi connectivity index (χ0v) is 6.12. The van der Waals surface area contributed by atoms with Crippen LogP contribution < -0.4 is 6.15 Å². The van der Waals surface area contributed by atoms with E-state index in [0.717, 1.165) is 12.0 Å². The molecule has 0 bridgehead atoms. The van der Waals surface area contributed by atoms with Gasteiger partial charge in [0.2, 0.25) is 0 Å². The van der Waals surface area contributed by atoms with E-state index < -0.39 is 6.29 Å². The predicted octanol–water partition coefficient (Wildman–Crippen LogP) is 0.736. The Kier molecular flexibility index (Phi) is 1.95. The molecule has 1 aromatic carbocycles. The fourth-order valence-electron chi connectivity index (χ4n) is 1.20. The molecule has 0 saturated heterocycles. The zero-order chi connectivity index (χ0) is 7.14. The Morgan fingerprint density at radius 2 is 2.00 bits per heavy atom. The van der Waals surface area contributed by atoms with Crippen molar-refractivity contribution in [3.05, 3.63) is 34.9 Å². The monoisotopic (exact) mass is 153 g/mol.